The van der Waals surface area contributed by atoms with Gasteiger partial charge in [0.15, 0.2) is 0 Å². The minimum absolute atomic E-state index is 0.546. The maximum Gasteiger partial charge on any atom is 0.132 e. The van der Waals surface area contributed by atoms with E-state index >= 15 is 0 Å². The lowest BCUT2D eigenvalue weighted by molar-refractivity contribution is 0.436. The van der Waals surface area contributed by atoms with Crippen LogP contribution < -0.4 is 9.64 Å². The van der Waals surface area contributed by atoms with E-state index in [4.69, 9.17) is 4.74 Å². The highest BCUT2D eigenvalue weighted by molar-refractivity contribution is 7.99. The van der Waals surface area contributed by atoms with E-state index in [0.29, 0.717) is 0 Å². The van der Waals surface area contributed by atoms with Crippen LogP contribution in [0.15, 0.2) is 293 Å². The molecule has 6 aliphatic rings. The molecule has 0 amide bonds. The number of para-hydroxylation sites is 2. The molecule has 0 radical (unpaired) electrons. The predicted octanol–water partition coefficient (Wildman–Crippen LogP) is 19.3. The zero-order valence-electron chi connectivity index (χ0n) is 42.7. The Labute approximate surface area is 467 Å². The van der Waals surface area contributed by atoms with Gasteiger partial charge in [0.05, 0.1) is 16.2 Å². The van der Waals surface area contributed by atoms with Crippen LogP contribution in [0.5, 0.6) is 11.5 Å². The Morgan fingerprint density at radius 2 is 0.519 bits per heavy atom. The zero-order valence-corrected chi connectivity index (χ0v) is 44.3. The lowest BCUT2D eigenvalue weighted by atomic mass is 9.66. The number of rotatable bonds is 3. The highest BCUT2D eigenvalue weighted by atomic mass is 32.2. The summed E-state index contributed by atoms with van der Waals surface area (Å²) in [6.07, 6.45) is 0. The number of ether oxygens (including phenoxy) is 1. The third-order valence-electron chi connectivity index (χ3n) is 18.3. The molecule has 3 spiro atoms. The summed E-state index contributed by atoms with van der Waals surface area (Å²) in [6, 6.07) is 103. The van der Waals surface area contributed by atoms with Crippen LogP contribution in [-0.2, 0) is 16.2 Å². The number of fused-ring (bicyclic) bond motifs is 27. The van der Waals surface area contributed by atoms with E-state index in [1.165, 1.54) is 109 Å². The Hall–Kier alpha value is -9.06. The average Bonchev–Trinajstić information content (AvgIpc) is 2.99. The molecule has 0 saturated heterocycles. The van der Waals surface area contributed by atoms with Gasteiger partial charge < -0.3 is 9.64 Å². The number of hydrogen-bond acceptors (Lipinski definition) is 4. The van der Waals surface area contributed by atoms with Crippen molar-refractivity contribution >= 4 is 40.6 Å². The first kappa shape index (κ1) is 44.0. The van der Waals surface area contributed by atoms with Gasteiger partial charge in [0.25, 0.3) is 0 Å². The zero-order chi connectivity index (χ0) is 51.6. The highest BCUT2D eigenvalue weighted by Gasteiger charge is 2.54. The fourth-order valence-corrected chi connectivity index (χ4v) is 17.8. The topological polar surface area (TPSA) is 12.5 Å². The van der Waals surface area contributed by atoms with Crippen molar-refractivity contribution in [2.24, 2.45) is 0 Å². The van der Waals surface area contributed by atoms with Crippen LogP contribution in [0, 0.1) is 0 Å². The maximum atomic E-state index is 6.76. The Balaban J connectivity index is 0.932. The molecule has 0 N–H and O–H groups in total. The molecule has 0 unspecified atom stereocenters. The van der Waals surface area contributed by atoms with Crippen LogP contribution in [0.2, 0.25) is 0 Å². The Kier molecular flexibility index (Phi) is 8.92. The smallest absolute Gasteiger partial charge is 0.132 e. The van der Waals surface area contributed by atoms with E-state index in [2.05, 4.69) is 278 Å². The summed E-state index contributed by atoms with van der Waals surface area (Å²) in [5, 5.41) is 0. The van der Waals surface area contributed by atoms with Gasteiger partial charge in [0.2, 0.25) is 0 Å². The van der Waals surface area contributed by atoms with Gasteiger partial charge >= 0.3 is 0 Å². The van der Waals surface area contributed by atoms with Crippen LogP contribution in [-0.4, -0.2) is 0 Å². The second kappa shape index (κ2) is 16.0. The molecule has 0 atom stereocenters. The molecule has 0 fully saturated rings. The van der Waals surface area contributed by atoms with E-state index in [9.17, 15) is 0 Å². The number of hydrogen-bond donors (Lipinski definition) is 0. The monoisotopic (exact) mass is 1040 g/mol. The van der Waals surface area contributed by atoms with Gasteiger partial charge in [0.1, 0.15) is 11.5 Å². The van der Waals surface area contributed by atoms with Crippen molar-refractivity contribution in [3.05, 3.63) is 340 Å². The van der Waals surface area contributed by atoms with Gasteiger partial charge in [-0.1, -0.05) is 224 Å². The molecule has 0 saturated carbocycles. The molecular formula is C75H45NOS2. The first-order valence-corrected chi connectivity index (χ1v) is 28.9. The third-order valence-corrected chi connectivity index (χ3v) is 20.6. The Morgan fingerprint density at radius 1 is 0.228 bits per heavy atom. The fourth-order valence-electron chi connectivity index (χ4n) is 15.4. The molecule has 0 bridgehead atoms. The van der Waals surface area contributed by atoms with E-state index in [1.54, 1.807) is 0 Å². The minimum atomic E-state index is -0.586. The normalized spacial score (nSPS) is 15.4. The van der Waals surface area contributed by atoms with Gasteiger partial charge in [-0.05, 0) is 162 Å². The van der Waals surface area contributed by atoms with Gasteiger partial charge in [-0.15, -0.1) is 0 Å². The van der Waals surface area contributed by atoms with Gasteiger partial charge in [-0.3, -0.25) is 0 Å². The van der Waals surface area contributed by atoms with Crippen LogP contribution in [0.4, 0.5) is 17.1 Å². The molecule has 3 heterocycles. The maximum absolute atomic E-state index is 6.76. The summed E-state index contributed by atoms with van der Waals surface area (Å²) < 4.78 is 6.76. The first-order valence-electron chi connectivity index (χ1n) is 27.3. The van der Waals surface area contributed by atoms with Crippen molar-refractivity contribution in [3.8, 4) is 44.9 Å². The summed E-state index contributed by atoms with van der Waals surface area (Å²) in [7, 11) is 0. The lowest BCUT2D eigenvalue weighted by Gasteiger charge is -2.40. The molecule has 4 heteroatoms. The van der Waals surface area contributed by atoms with Crippen LogP contribution in [0.1, 0.15) is 66.8 Å². The summed E-state index contributed by atoms with van der Waals surface area (Å²) in [6.45, 7) is 0. The molecule has 0 aromatic heterocycles. The molecule has 18 rings (SSSR count). The van der Waals surface area contributed by atoms with Gasteiger partial charge in [-0.25, -0.2) is 0 Å². The van der Waals surface area contributed by atoms with Crippen LogP contribution in [0.25, 0.3) is 33.4 Å². The summed E-state index contributed by atoms with van der Waals surface area (Å²) in [4.78, 5) is 7.75. The minimum Gasteiger partial charge on any atom is -0.457 e. The van der Waals surface area contributed by atoms with Crippen molar-refractivity contribution < 1.29 is 4.74 Å². The van der Waals surface area contributed by atoms with E-state index in [1.807, 2.05) is 23.5 Å². The van der Waals surface area contributed by atoms with Crippen molar-refractivity contribution in [1.82, 2.24) is 0 Å². The number of anilines is 3. The summed E-state index contributed by atoms with van der Waals surface area (Å²) in [5.41, 5.74) is 24.6. The van der Waals surface area contributed by atoms with Gasteiger partial charge in [-0.2, -0.15) is 0 Å². The lowest BCUT2D eigenvalue weighted by Crippen LogP contribution is -2.32. The first-order chi connectivity index (χ1) is 39.2. The van der Waals surface area contributed by atoms with E-state index in [-0.39, 0.29) is 0 Å². The highest BCUT2D eigenvalue weighted by Crippen LogP contribution is 2.67. The molecule has 3 aliphatic heterocycles. The second-order valence-corrected chi connectivity index (χ2v) is 23.9. The van der Waals surface area contributed by atoms with Crippen molar-refractivity contribution in [2.45, 2.75) is 35.8 Å². The van der Waals surface area contributed by atoms with E-state index in [0.717, 1.165) is 39.7 Å². The molecule has 2 nitrogen and oxygen atoms in total. The standard InChI is InChI=1S/C75H45NOS2/c1-4-22-55-49(19-1)52-40-37-47(44-65(52)74(55)61-27-9-15-33-69(61)78-70-34-16-10-28-62(70)74)76(46-39-42-58-54(43-46)51-21-3-6-24-57(51)73(58)59-25-7-13-31-67(59)77-68-32-14-8-26-60(68)73)48-38-41-53-50-20-2-5-23-56(50)75(66(53)45-48)63-29-11-17-35-71(63)79-72-36-18-12-30-64(72)75/h1-45H. The van der Waals surface area contributed by atoms with Crippen molar-refractivity contribution in [3.63, 3.8) is 0 Å². The van der Waals surface area contributed by atoms with Crippen molar-refractivity contribution in [1.29, 1.82) is 0 Å². The SMILES string of the molecule is c1ccc2c(c1)Oc1ccccc1C21c2ccccc2-c2cc(N(c3ccc4c(c3)C3(c5ccccc5Sc5ccccc53)c3ccccc3-4)c3ccc4c(c3)C3(c5ccccc5Sc5ccccc53)c3ccccc3-4)ccc21. The van der Waals surface area contributed by atoms with Crippen LogP contribution >= 0.6 is 23.5 Å². The predicted molar refractivity (Wildman–Crippen MR) is 321 cm³/mol. The number of nitrogens with zero attached hydrogens (tertiary/aromatic N) is 1. The summed E-state index contributed by atoms with van der Waals surface area (Å²) >= 11 is 3.78. The average molecular weight is 1040 g/mol. The Morgan fingerprint density at radius 3 is 0.949 bits per heavy atom. The quantitative estimate of drug-likeness (QED) is 0.175. The third kappa shape index (κ3) is 5.50. The summed E-state index contributed by atoms with van der Waals surface area (Å²) in [5.74, 6) is 1.79. The molecule has 12 aromatic carbocycles. The van der Waals surface area contributed by atoms with E-state index < -0.39 is 16.2 Å². The van der Waals surface area contributed by atoms with Crippen LogP contribution in [0.3, 0.4) is 0 Å². The number of benzene rings is 12. The molecule has 368 valence electrons. The molecular weight excluding hydrogens is 995 g/mol. The van der Waals surface area contributed by atoms with Gasteiger partial charge in [0, 0.05) is 47.8 Å². The largest absolute Gasteiger partial charge is 0.457 e. The molecule has 3 aliphatic carbocycles. The molecule has 12 aromatic rings. The molecule has 79 heavy (non-hydrogen) atoms. The Bertz CT molecular complexity index is 4310. The second-order valence-electron chi connectivity index (χ2n) is 21.7. The van der Waals surface area contributed by atoms with Crippen molar-refractivity contribution in [2.75, 3.05) is 4.90 Å². The fraction of sp³-hybridized carbons (Fsp3) is 0.0400.